The average Bonchev–Trinajstić information content (AvgIpc) is 3.46. The van der Waals surface area contributed by atoms with Crippen molar-refractivity contribution in [3.05, 3.63) is 74.1 Å². The minimum absolute atomic E-state index is 0.894. The Bertz CT molecular complexity index is 1530. The van der Waals surface area contributed by atoms with Crippen LogP contribution in [0, 0.1) is 6.92 Å². The lowest BCUT2D eigenvalue weighted by Gasteiger charge is -2.13. The van der Waals surface area contributed by atoms with Gasteiger partial charge in [0.05, 0.1) is 11.4 Å². The fraction of sp³-hybridized carbons (Fsp3) is 0.406. The molecule has 0 saturated carbocycles. The Hall–Kier alpha value is -2.78. The lowest BCUT2D eigenvalue weighted by Crippen LogP contribution is -1.99. The molecule has 36 heavy (non-hydrogen) atoms. The highest BCUT2D eigenvalue weighted by Crippen LogP contribution is 2.35. The predicted octanol–water partition coefficient (Wildman–Crippen LogP) is 9.08. The van der Waals surface area contributed by atoms with Crippen molar-refractivity contribution >= 4 is 44.8 Å². The maximum absolute atomic E-state index is 7.05. The smallest absolute Gasteiger partial charge is 0.0693 e. The van der Waals surface area contributed by atoms with Crippen LogP contribution >= 0.6 is 11.6 Å². The maximum Gasteiger partial charge on any atom is 0.0693 e. The predicted molar refractivity (Wildman–Crippen MR) is 156 cm³/mol. The van der Waals surface area contributed by atoms with Gasteiger partial charge in [0.25, 0.3) is 0 Å². The first-order valence-electron chi connectivity index (χ1n) is 13.6. The van der Waals surface area contributed by atoms with Crippen LogP contribution in [-0.4, -0.2) is 15.0 Å². The van der Waals surface area contributed by atoms with Gasteiger partial charge in [0.1, 0.15) is 0 Å². The van der Waals surface area contributed by atoms with Crippen molar-refractivity contribution in [2.45, 2.75) is 86.5 Å². The lowest BCUT2D eigenvalue weighted by molar-refractivity contribution is 0.794. The second-order valence-corrected chi connectivity index (χ2v) is 10.5. The van der Waals surface area contributed by atoms with Crippen LogP contribution in [-0.2, 0) is 32.1 Å². The summed E-state index contributed by atoms with van der Waals surface area (Å²) in [6.45, 7) is 13.4. The molecule has 0 amide bonds. The third-order valence-corrected chi connectivity index (χ3v) is 8.68. The molecule has 0 unspecified atom stereocenters. The van der Waals surface area contributed by atoms with E-state index < -0.39 is 0 Å². The molecule has 3 aromatic rings. The van der Waals surface area contributed by atoms with Gasteiger partial charge in [0.15, 0.2) is 0 Å². The average molecular weight is 500 g/mol. The Kier molecular flexibility index (Phi) is 6.87. The van der Waals surface area contributed by atoms with Crippen molar-refractivity contribution in [2.75, 3.05) is 0 Å². The summed E-state index contributed by atoms with van der Waals surface area (Å²) in [5.74, 6) is 0. The van der Waals surface area contributed by atoms with E-state index >= 15 is 0 Å². The van der Waals surface area contributed by atoms with E-state index in [-0.39, 0.29) is 0 Å². The number of allylic oxidation sites excluding steroid dienone is 2. The van der Waals surface area contributed by atoms with Crippen LogP contribution in [0.1, 0.15) is 92.2 Å². The van der Waals surface area contributed by atoms with Gasteiger partial charge in [0.2, 0.25) is 0 Å². The van der Waals surface area contributed by atoms with Gasteiger partial charge >= 0.3 is 0 Å². The molecule has 0 saturated heterocycles. The molecule has 0 atom stereocenters. The van der Waals surface area contributed by atoms with E-state index in [1.165, 1.54) is 66.6 Å². The zero-order chi connectivity index (χ0) is 25.6. The monoisotopic (exact) mass is 499 g/mol. The Morgan fingerprint density at radius 3 is 1.92 bits per heavy atom. The molecule has 0 radical (unpaired) electrons. The molecule has 4 heterocycles. The number of H-pyrrole nitrogens is 2. The molecule has 188 valence electrons. The molecule has 5 rings (SSSR count). The minimum atomic E-state index is 0.894. The SMILES string of the molecule is CCC1=C(C)c2cc3c(Cl)c(cc4[nH]c(cc5[nH]c(cc1n2)c(CC)c5CC)c(CC)c4C)CCC3. The van der Waals surface area contributed by atoms with Crippen molar-refractivity contribution in [1.82, 2.24) is 15.0 Å². The fourth-order valence-corrected chi connectivity index (χ4v) is 6.50. The summed E-state index contributed by atoms with van der Waals surface area (Å²) >= 11 is 7.05. The molecule has 1 aliphatic carbocycles. The Balaban J connectivity index is 2.00. The normalized spacial score (nSPS) is 14.0. The van der Waals surface area contributed by atoms with Gasteiger partial charge < -0.3 is 9.97 Å². The van der Waals surface area contributed by atoms with Crippen LogP contribution in [0.3, 0.4) is 0 Å². The Labute approximate surface area is 220 Å². The number of halogens is 1. The van der Waals surface area contributed by atoms with Crippen LogP contribution in [0.4, 0.5) is 0 Å². The molecular weight excluding hydrogens is 462 g/mol. The van der Waals surface area contributed by atoms with Crippen LogP contribution in [0.2, 0.25) is 5.02 Å². The largest absolute Gasteiger partial charge is 0.355 e. The standard InChI is InChI=1S/C32H38ClN3/c1-7-22-18(5)26-14-20-12-11-13-21(32(20)33)15-27-19(6)23(8-2)29(35-27)17-31-25(10-4)24(9-3)30(36-31)16-28(22)34-26/h14-17,34,36H,7-13H2,1-6H3. The van der Waals surface area contributed by atoms with Crippen molar-refractivity contribution < 1.29 is 0 Å². The van der Waals surface area contributed by atoms with E-state index in [0.29, 0.717) is 0 Å². The van der Waals surface area contributed by atoms with E-state index in [4.69, 9.17) is 16.6 Å². The quantitative estimate of drug-likeness (QED) is 0.369. The highest BCUT2D eigenvalue weighted by Gasteiger charge is 2.19. The van der Waals surface area contributed by atoms with Gasteiger partial charge in [0, 0.05) is 27.1 Å². The van der Waals surface area contributed by atoms with Crippen molar-refractivity contribution in [3.8, 4) is 0 Å². The summed E-state index contributed by atoms with van der Waals surface area (Å²) in [5, 5.41) is 0.894. The van der Waals surface area contributed by atoms with E-state index in [2.05, 4.69) is 75.8 Å². The second-order valence-electron chi connectivity index (χ2n) is 10.2. The van der Waals surface area contributed by atoms with E-state index in [0.717, 1.165) is 61.4 Å². The van der Waals surface area contributed by atoms with Gasteiger partial charge in [-0.05, 0) is 128 Å². The highest BCUT2D eigenvalue weighted by atomic mass is 35.5. The molecule has 2 N–H and O–H groups in total. The molecular formula is C32H38ClN3. The number of nitrogens with zero attached hydrogens (tertiary/aromatic N) is 1. The van der Waals surface area contributed by atoms with Crippen LogP contribution in [0.15, 0.2) is 24.3 Å². The molecule has 0 spiro atoms. The third kappa shape index (κ3) is 4.12. The van der Waals surface area contributed by atoms with Crippen molar-refractivity contribution in [1.29, 1.82) is 0 Å². The number of aromatic amines is 2. The molecule has 3 aromatic heterocycles. The topological polar surface area (TPSA) is 44.5 Å². The minimum Gasteiger partial charge on any atom is -0.355 e. The maximum atomic E-state index is 7.05. The van der Waals surface area contributed by atoms with E-state index in [9.17, 15) is 0 Å². The Morgan fingerprint density at radius 1 is 0.694 bits per heavy atom. The summed E-state index contributed by atoms with van der Waals surface area (Å²) in [7, 11) is 0. The molecule has 8 bridgehead atoms. The first-order valence-corrected chi connectivity index (χ1v) is 14.0. The number of hydrogen-bond donors (Lipinski definition) is 2. The fourth-order valence-electron chi connectivity index (χ4n) is 6.20. The first-order chi connectivity index (χ1) is 17.4. The van der Waals surface area contributed by atoms with Crippen molar-refractivity contribution in [2.24, 2.45) is 0 Å². The summed E-state index contributed by atoms with van der Waals surface area (Å²) < 4.78 is 0. The zero-order valence-electron chi connectivity index (χ0n) is 22.6. The number of hydrogen-bond acceptors (Lipinski definition) is 1. The number of rotatable bonds is 4. The van der Waals surface area contributed by atoms with Gasteiger partial charge in [-0.1, -0.05) is 39.3 Å². The number of fused-ring (bicyclic) bond motifs is 8. The van der Waals surface area contributed by atoms with E-state index in [1.54, 1.807) is 0 Å². The Morgan fingerprint density at radius 2 is 1.28 bits per heavy atom. The van der Waals surface area contributed by atoms with Crippen molar-refractivity contribution in [3.63, 3.8) is 0 Å². The molecule has 4 heteroatoms. The lowest BCUT2D eigenvalue weighted by atomic mass is 9.96. The van der Waals surface area contributed by atoms with Crippen LogP contribution in [0.25, 0.3) is 33.2 Å². The van der Waals surface area contributed by atoms with Gasteiger partial charge in [-0.3, -0.25) is 0 Å². The van der Waals surface area contributed by atoms with Crippen LogP contribution < -0.4 is 0 Å². The molecule has 1 aliphatic heterocycles. The summed E-state index contributed by atoms with van der Waals surface area (Å²) in [4.78, 5) is 12.7. The summed E-state index contributed by atoms with van der Waals surface area (Å²) in [6.07, 6.45) is 7.03. The number of aromatic nitrogens is 3. The summed E-state index contributed by atoms with van der Waals surface area (Å²) in [5.41, 5.74) is 17.4. The number of nitrogens with one attached hydrogen (secondary N) is 2. The highest BCUT2D eigenvalue weighted by molar-refractivity contribution is 6.32. The van der Waals surface area contributed by atoms with Crippen LogP contribution in [0.5, 0.6) is 0 Å². The molecule has 2 aliphatic rings. The van der Waals surface area contributed by atoms with Gasteiger partial charge in [-0.25, -0.2) is 4.98 Å². The number of aryl methyl sites for hydroxylation is 6. The second kappa shape index (κ2) is 9.94. The molecule has 3 nitrogen and oxygen atoms in total. The third-order valence-electron chi connectivity index (χ3n) is 8.19. The first kappa shape index (κ1) is 24.9. The zero-order valence-corrected chi connectivity index (χ0v) is 23.3. The molecule has 0 aromatic carbocycles. The summed E-state index contributed by atoms with van der Waals surface area (Å²) in [6, 6.07) is 9.12. The van der Waals surface area contributed by atoms with E-state index in [1.807, 2.05) is 0 Å². The van der Waals surface area contributed by atoms with Gasteiger partial charge in [-0.2, -0.15) is 0 Å². The molecule has 0 fully saturated rings. The van der Waals surface area contributed by atoms with Gasteiger partial charge in [-0.15, -0.1) is 0 Å².